The molecule has 1 heterocycles. The standard InChI is InChI=1S/C19H26O9/c1-25-11-7-13(26-2)12(14(8-11)27-3)5-4-10(21)6-15-17(22)19(24)18(23)16(9-20)28-15/h4-5,7-8,15-20,22-24H,6,9H2,1-3H3/b5-4+/t15-,16+,17-,18-,19+/m0/s1. The highest BCUT2D eigenvalue weighted by Crippen LogP contribution is 2.35. The summed E-state index contributed by atoms with van der Waals surface area (Å²) < 4.78 is 21.1. The van der Waals surface area contributed by atoms with Crippen molar-refractivity contribution in [3.05, 3.63) is 23.8 Å². The number of ether oxygens (including phenoxy) is 4. The third kappa shape index (κ3) is 4.81. The Morgan fingerprint density at radius 3 is 2.07 bits per heavy atom. The van der Waals surface area contributed by atoms with E-state index in [2.05, 4.69) is 0 Å². The van der Waals surface area contributed by atoms with Gasteiger partial charge >= 0.3 is 0 Å². The van der Waals surface area contributed by atoms with Gasteiger partial charge in [0.1, 0.15) is 41.7 Å². The van der Waals surface area contributed by atoms with Gasteiger partial charge in [0.15, 0.2) is 5.78 Å². The smallest absolute Gasteiger partial charge is 0.158 e. The van der Waals surface area contributed by atoms with Crippen molar-refractivity contribution in [1.29, 1.82) is 0 Å². The Bertz CT molecular complexity index is 676. The van der Waals surface area contributed by atoms with Crippen LogP contribution in [0.5, 0.6) is 17.2 Å². The second kappa shape index (κ2) is 9.85. The molecular weight excluding hydrogens is 372 g/mol. The quantitative estimate of drug-likeness (QED) is 0.429. The first-order valence-corrected chi connectivity index (χ1v) is 8.67. The van der Waals surface area contributed by atoms with Gasteiger partial charge in [0.25, 0.3) is 0 Å². The molecule has 1 saturated heterocycles. The van der Waals surface area contributed by atoms with E-state index < -0.39 is 42.9 Å². The fourth-order valence-electron chi connectivity index (χ4n) is 2.99. The zero-order chi connectivity index (χ0) is 20.8. The third-order valence-electron chi connectivity index (χ3n) is 4.58. The summed E-state index contributed by atoms with van der Waals surface area (Å²) >= 11 is 0. The lowest BCUT2D eigenvalue weighted by Gasteiger charge is -2.39. The molecule has 0 radical (unpaired) electrons. The minimum Gasteiger partial charge on any atom is -0.496 e. The van der Waals surface area contributed by atoms with Crippen LogP contribution in [0.15, 0.2) is 18.2 Å². The van der Waals surface area contributed by atoms with Gasteiger partial charge in [-0.2, -0.15) is 0 Å². The van der Waals surface area contributed by atoms with Crippen molar-refractivity contribution in [3.63, 3.8) is 0 Å². The van der Waals surface area contributed by atoms with Crippen LogP contribution in [-0.2, 0) is 9.53 Å². The first-order valence-electron chi connectivity index (χ1n) is 8.67. The summed E-state index contributed by atoms with van der Waals surface area (Å²) in [6, 6.07) is 3.29. The van der Waals surface area contributed by atoms with E-state index in [0.29, 0.717) is 22.8 Å². The zero-order valence-corrected chi connectivity index (χ0v) is 15.9. The number of carbonyl (C=O) groups excluding carboxylic acids is 1. The molecule has 5 atom stereocenters. The van der Waals surface area contributed by atoms with E-state index in [1.807, 2.05) is 0 Å². The SMILES string of the molecule is COc1cc(OC)c(/C=C/C(=O)C[C@@H]2O[C@H](CO)[C@H](O)[C@H](O)[C@H]2O)c(OC)c1. The van der Waals surface area contributed by atoms with Crippen molar-refractivity contribution in [2.45, 2.75) is 36.9 Å². The summed E-state index contributed by atoms with van der Waals surface area (Å²) in [5.41, 5.74) is 0.521. The van der Waals surface area contributed by atoms with E-state index in [0.717, 1.165) is 0 Å². The second-order valence-electron chi connectivity index (χ2n) is 6.32. The minimum atomic E-state index is -1.52. The molecule has 1 fully saturated rings. The minimum absolute atomic E-state index is 0.251. The highest BCUT2D eigenvalue weighted by Gasteiger charge is 2.43. The van der Waals surface area contributed by atoms with Crippen LogP contribution in [0.4, 0.5) is 0 Å². The maximum absolute atomic E-state index is 12.3. The molecule has 1 aromatic rings. The fraction of sp³-hybridized carbons (Fsp3) is 0.526. The van der Waals surface area contributed by atoms with Gasteiger partial charge in [0.05, 0.1) is 39.6 Å². The predicted molar refractivity (Wildman–Crippen MR) is 98.5 cm³/mol. The molecule has 1 aliphatic rings. The van der Waals surface area contributed by atoms with Gasteiger partial charge in [-0.3, -0.25) is 4.79 Å². The number of aliphatic hydroxyl groups excluding tert-OH is 4. The lowest BCUT2D eigenvalue weighted by Crippen LogP contribution is -2.58. The van der Waals surface area contributed by atoms with E-state index in [9.17, 15) is 25.2 Å². The molecule has 156 valence electrons. The molecular formula is C19H26O9. The number of carbonyl (C=O) groups is 1. The van der Waals surface area contributed by atoms with Crippen LogP contribution in [0.1, 0.15) is 12.0 Å². The molecule has 0 spiro atoms. The first kappa shape index (κ1) is 22.1. The van der Waals surface area contributed by atoms with Crippen molar-refractivity contribution < 1.29 is 44.2 Å². The van der Waals surface area contributed by atoms with Gasteiger partial charge in [-0.05, 0) is 12.2 Å². The van der Waals surface area contributed by atoms with Crippen molar-refractivity contribution in [2.24, 2.45) is 0 Å². The Kier molecular flexibility index (Phi) is 7.78. The zero-order valence-electron chi connectivity index (χ0n) is 15.9. The van der Waals surface area contributed by atoms with Crippen molar-refractivity contribution >= 4 is 11.9 Å². The predicted octanol–water partition coefficient (Wildman–Crippen LogP) is -0.473. The molecule has 1 aromatic carbocycles. The Morgan fingerprint density at radius 2 is 1.57 bits per heavy atom. The van der Waals surface area contributed by atoms with Crippen LogP contribution in [0.3, 0.4) is 0 Å². The molecule has 0 bridgehead atoms. The summed E-state index contributed by atoms with van der Waals surface area (Å²) in [6.45, 7) is -0.550. The van der Waals surface area contributed by atoms with E-state index in [-0.39, 0.29) is 6.42 Å². The molecule has 0 unspecified atom stereocenters. The van der Waals surface area contributed by atoms with Gasteiger partial charge in [-0.25, -0.2) is 0 Å². The average molecular weight is 398 g/mol. The fourth-order valence-corrected chi connectivity index (χ4v) is 2.99. The number of hydrogen-bond acceptors (Lipinski definition) is 9. The molecule has 9 heteroatoms. The van der Waals surface area contributed by atoms with Crippen LogP contribution in [0.25, 0.3) is 6.08 Å². The number of benzene rings is 1. The molecule has 1 aliphatic heterocycles. The average Bonchev–Trinajstić information content (AvgIpc) is 2.71. The van der Waals surface area contributed by atoms with Crippen molar-refractivity contribution in [1.82, 2.24) is 0 Å². The highest BCUT2D eigenvalue weighted by atomic mass is 16.5. The Morgan fingerprint density at radius 1 is 1.00 bits per heavy atom. The molecule has 2 rings (SSSR count). The molecule has 0 aliphatic carbocycles. The second-order valence-corrected chi connectivity index (χ2v) is 6.32. The Hall–Kier alpha value is -2.17. The monoisotopic (exact) mass is 398 g/mol. The summed E-state index contributed by atoms with van der Waals surface area (Å²) in [5.74, 6) is 1.00. The van der Waals surface area contributed by atoms with Crippen molar-refractivity contribution in [2.75, 3.05) is 27.9 Å². The first-order chi connectivity index (χ1) is 13.4. The summed E-state index contributed by atoms with van der Waals surface area (Å²) in [6.07, 6.45) is -4.03. The number of ketones is 1. The van der Waals surface area contributed by atoms with Gasteiger partial charge in [0, 0.05) is 18.6 Å². The normalized spacial score (nSPS) is 27.6. The summed E-state index contributed by atoms with van der Waals surface area (Å²) in [5, 5.41) is 38.8. The molecule has 0 saturated carbocycles. The molecule has 4 N–H and O–H groups in total. The Labute approximate surface area is 162 Å². The highest BCUT2D eigenvalue weighted by molar-refractivity contribution is 5.94. The van der Waals surface area contributed by atoms with Crippen LogP contribution < -0.4 is 14.2 Å². The molecule has 0 amide bonds. The lowest BCUT2D eigenvalue weighted by atomic mass is 9.92. The molecule has 9 nitrogen and oxygen atoms in total. The lowest BCUT2D eigenvalue weighted by molar-refractivity contribution is -0.229. The molecule has 0 aromatic heterocycles. The number of allylic oxidation sites excluding steroid dienone is 1. The van der Waals surface area contributed by atoms with Crippen LogP contribution in [0.2, 0.25) is 0 Å². The topological polar surface area (TPSA) is 135 Å². The summed E-state index contributed by atoms with van der Waals surface area (Å²) in [7, 11) is 4.45. The summed E-state index contributed by atoms with van der Waals surface area (Å²) in [4.78, 5) is 12.3. The number of methoxy groups -OCH3 is 3. The third-order valence-corrected chi connectivity index (χ3v) is 4.58. The van der Waals surface area contributed by atoms with Crippen LogP contribution >= 0.6 is 0 Å². The van der Waals surface area contributed by atoms with Gasteiger partial charge < -0.3 is 39.4 Å². The van der Waals surface area contributed by atoms with Gasteiger partial charge in [0.2, 0.25) is 0 Å². The van der Waals surface area contributed by atoms with E-state index in [1.165, 1.54) is 33.5 Å². The van der Waals surface area contributed by atoms with Crippen LogP contribution in [-0.4, -0.2) is 84.7 Å². The Balaban J connectivity index is 2.15. The maximum Gasteiger partial charge on any atom is 0.158 e. The van der Waals surface area contributed by atoms with E-state index >= 15 is 0 Å². The molecule has 28 heavy (non-hydrogen) atoms. The van der Waals surface area contributed by atoms with E-state index in [4.69, 9.17) is 18.9 Å². The number of hydrogen-bond donors (Lipinski definition) is 4. The van der Waals surface area contributed by atoms with Gasteiger partial charge in [-0.1, -0.05) is 0 Å². The number of aliphatic hydroxyl groups is 4. The van der Waals surface area contributed by atoms with Crippen molar-refractivity contribution in [3.8, 4) is 17.2 Å². The maximum atomic E-state index is 12.3. The van der Waals surface area contributed by atoms with E-state index in [1.54, 1.807) is 12.1 Å². The van der Waals surface area contributed by atoms with Gasteiger partial charge in [-0.15, -0.1) is 0 Å². The largest absolute Gasteiger partial charge is 0.496 e. The van der Waals surface area contributed by atoms with Crippen LogP contribution in [0, 0.1) is 0 Å². The number of rotatable bonds is 8.